The van der Waals surface area contributed by atoms with Gasteiger partial charge in [-0.3, -0.25) is 0 Å². The Morgan fingerprint density at radius 2 is 2.27 bits per heavy atom. The van der Waals surface area contributed by atoms with Gasteiger partial charge in [0.25, 0.3) is 0 Å². The highest BCUT2D eigenvalue weighted by Crippen LogP contribution is 2.26. The van der Waals surface area contributed by atoms with E-state index in [0.29, 0.717) is 0 Å². The summed E-state index contributed by atoms with van der Waals surface area (Å²) in [6.07, 6.45) is 2.23. The Balaban J connectivity index is 2.29. The van der Waals surface area contributed by atoms with Crippen LogP contribution in [-0.4, -0.2) is 4.98 Å². The van der Waals surface area contributed by atoms with Crippen LogP contribution < -0.4 is 0 Å². The lowest BCUT2D eigenvalue weighted by Crippen LogP contribution is -1.83. The summed E-state index contributed by atoms with van der Waals surface area (Å²) < 4.78 is 1.10. The van der Waals surface area contributed by atoms with Crippen molar-refractivity contribution in [1.29, 1.82) is 0 Å². The van der Waals surface area contributed by atoms with Crippen LogP contribution in [0.3, 0.4) is 0 Å². The monoisotopic (exact) mass is 281 g/mol. The van der Waals surface area contributed by atoms with E-state index in [2.05, 4.69) is 45.4 Å². The third-order valence-electron chi connectivity index (χ3n) is 2.13. The Morgan fingerprint density at radius 1 is 1.40 bits per heavy atom. The highest BCUT2D eigenvalue weighted by molar-refractivity contribution is 9.10. The molecule has 1 heterocycles. The first-order valence-corrected chi connectivity index (χ1v) is 6.67. The zero-order valence-corrected chi connectivity index (χ0v) is 10.9. The van der Waals surface area contributed by atoms with Gasteiger partial charge in [0.1, 0.15) is 5.01 Å². The number of hydrogen-bond donors (Lipinski definition) is 0. The lowest BCUT2D eigenvalue weighted by Gasteiger charge is -1.96. The Morgan fingerprint density at radius 3 is 3.00 bits per heavy atom. The Hall–Kier alpha value is -0.670. The number of aromatic nitrogens is 1. The van der Waals surface area contributed by atoms with E-state index in [0.717, 1.165) is 22.3 Å². The average molecular weight is 282 g/mol. The van der Waals surface area contributed by atoms with E-state index in [9.17, 15) is 0 Å². The van der Waals surface area contributed by atoms with Crippen molar-refractivity contribution in [3.05, 3.63) is 39.8 Å². The van der Waals surface area contributed by atoms with Gasteiger partial charge < -0.3 is 0 Å². The lowest BCUT2D eigenvalue weighted by atomic mass is 10.2. The van der Waals surface area contributed by atoms with E-state index in [-0.39, 0.29) is 0 Å². The summed E-state index contributed by atoms with van der Waals surface area (Å²) in [6.45, 7) is 2.18. The molecule has 0 fully saturated rings. The molecule has 2 aromatic rings. The van der Waals surface area contributed by atoms with Gasteiger partial charge in [0.05, 0.1) is 5.69 Å². The molecule has 0 saturated carbocycles. The van der Waals surface area contributed by atoms with Crippen molar-refractivity contribution >= 4 is 27.3 Å². The van der Waals surface area contributed by atoms with E-state index in [1.165, 1.54) is 11.3 Å². The minimum atomic E-state index is 1.07. The zero-order chi connectivity index (χ0) is 10.7. The summed E-state index contributed by atoms with van der Waals surface area (Å²) in [6, 6.07) is 8.28. The molecule has 0 radical (unpaired) electrons. The molecule has 0 unspecified atom stereocenters. The van der Waals surface area contributed by atoms with Gasteiger partial charge in [-0.25, -0.2) is 4.98 Å². The number of benzene rings is 1. The highest BCUT2D eigenvalue weighted by atomic mass is 79.9. The number of hydrogen-bond acceptors (Lipinski definition) is 2. The molecular formula is C12H12BrNS. The standard InChI is InChI=1S/C12H12BrNS/c1-2-4-11-8-15-12(14-11)9-5-3-6-10(13)7-9/h3,5-8H,2,4H2,1H3. The van der Waals surface area contributed by atoms with Gasteiger partial charge in [-0.1, -0.05) is 41.4 Å². The van der Waals surface area contributed by atoms with Gasteiger partial charge in [-0.05, 0) is 18.6 Å². The molecule has 0 saturated heterocycles. The first-order chi connectivity index (χ1) is 7.29. The van der Waals surface area contributed by atoms with Gasteiger partial charge in [-0.15, -0.1) is 11.3 Å². The fourth-order valence-corrected chi connectivity index (χ4v) is 2.68. The van der Waals surface area contributed by atoms with Crippen LogP contribution in [0.1, 0.15) is 19.0 Å². The van der Waals surface area contributed by atoms with Gasteiger partial charge in [-0.2, -0.15) is 0 Å². The van der Waals surface area contributed by atoms with Crippen molar-refractivity contribution in [2.45, 2.75) is 19.8 Å². The normalized spacial score (nSPS) is 10.5. The Labute approximate surface area is 102 Å². The number of nitrogens with zero attached hydrogens (tertiary/aromatic N) is 1. The molecule has 78 valence electrons. The molecule has 0 N–H and O–H groups in total. The highest BCUT2D eigenvalue weighted by Gasteiger charge is 2.04. The molecular weight excluding hydrogens is 270 g/mol. The maximum absolute atomic E-state index is 4.61. The summed E-state index contributed by atoms with van der Waals surface area (Å²) in [5, 5.41) is 3.26. The third kappa shape index (κ3) is 2.67. The predicted molar refractivity (Wildman–Crippen MR) is 69.2 cm³/mol. The van der Waals surface area contributed by atoms with Crippen LogP contribution in [-0.2, 0) is 6.42 Å². The maximum Gasteiger partial charge on any atom is 0.123 e. The molecule has 0 bridgehead atoms. The van der Waals surface area contributed by atoms with Crippen LogP contribution in [0.15, 0.2) is 34.1 Å². The fourth-order valence-electron chi connectivity index (χ4n) is 1.43. The van der Waals surface area contributed by atoms with Gasteiger partial charge in [0.2, 0.25) is 0 Å². The number of rotatable bonds is 3. The molecule has 2 rings (SSSR count). The van der Waals surface area contributed by atoms with Crippen molar-refractivity contribution in [3.8, 4) is 10.6 Å². The smallest absolute Gasteiger partial charge is 0.123 e. The molecule has 0 spiro atoms. The minimum Gasteiger partial charge on any atom is -0.241 e. The van der Waals surface area contributed by atoms with Crippen LogP contribution in [0, 0.1) is 0 Å². The maximum atomic E-state index is 4.61. The van der Waals surface area contributed by atoms with Crippen molar-refractivity contribution in [3.63, 3.8) is 0 Å². The molecule has 0 aliphatic heterocycles. The van der Waals surface area contributed by atoms with Crippen LogP contribution >= 0.6 is 27.3 Å². The number of aryl methyl sites for hydroxylation is 1. The summed E-state index contributed by atoms with van der Waals surface area (Å²) in [7, 11) is 0. The number of halogens is 1. The first kappa shape index (κ1) is 10.8. The summed E-state index contributed by atoms with van der Waals surface area (Å²) in [5.41, 5.74) is 2.40. The second kappa shape index (κ2) is 4.90. The van der Waals surface area contributed by atoms with Crippen LogP contribution in [0.2, 0.25) is 0 Å². The van der Waals surface area contributed by atoms with Crippen LogP contribution in [0.25, 0.3) is 10.6 Å². The molecule has 0 aliphatic carbocycles. The van der Waals surface area contributed by atoms with Gasteiger partial charge in [0.15, 0.2) is 0 Å². The second-order valence-corrected chi connectivity index (χ2v) is 5.18. The fraction of sp³-hybridized carbons (Fsp3) is 0.250. The predicted octanol–water partition coefficient (Wildman–Crippen LogP) is 4.53. The van der Waals surface area contributed by atoms with Crippen molar-refractivity contribution in [1.82, 2.24) is 4.98 Å². The quantitative estimate of drug-likeness (QED) is 0.806. The lowest BCUT2D eigenvalue weighted by molar-refractivity contribution is 0.893. The number of thiazole rings is 1. The molecule has 15 heavy (non-hydrogen) atoms. The van der Waals surface area contributed by atoms with Gasteiger partial charge >= 0.3 is 0 Å². The molecule has 1 aromatic heterocycles. The minimum absolute atomic E-state index is 1.07. The molecule has 0 atom stereocenters. The molecule has 0 aliphatic rings. The van der Waals surface area contributed by atoms with Crippen molar-refractivity contribution < 1.29 is 0 Å². The van der Waals surface area contributed by atoms with E-state index < -0.39 is 0 Å². The first-order valence-electron chi connectivity index (χ1n) is 5.00. The summed E-state index contributed by atoms with van der Waals surface area (Å²) >= 11 is 5.19. The topological polar surface area (TPSA) is 12.9 Å². The molecule has 0 amide bonds. The van der Waals surface area contributed by atoms with E-state index in [4.69, 9.17) is 0 Å². The Bertz CT molecular complexity index is 450. The van der Waals surface area contributed by atoms with E-state index >= 15 is 0 Å². The molecule has 1 aromatic carbocycles. The molecule has 1 nitrogen and oxygen atoms in total. The average Bonchev–Trinajstić information content (AvgIpc) is 2.67. The Kier molecular flexibility index (Phi) is 3.54. The van der Waals surface area contributed by atoms with Crippen molar-refractivity contribution in [2.75, 3.05) is 0 Å². The SMILES string of the molecule is CCCc1csc(-c2cccc(Br)c2)n1. The van der Waals surface area contributed by atoms with Crippen molar-refractivity contribution in [2.24, 2.45) is 0 Å². The molecule has 3 heteroatoms. The summed E-state index contributed by atoms with van der Waals surface area (Å²) in [4.78, 5) is 4.61. The van der Waals surface area contributed by atoms with Crippen LogP contribution in [0.4, 0.5) is 0 Å². The zero-order valence-electron chi connectivity index (χ0n) is 8.53. The van der Waals surface area contributed by atoms with Gasteiger partial charge in [0, 0.05) is 15.4 Å². The van der Waals surface area contributed by atoms with E-state index in [1.54, 1.807) is 11.3 Å². The van der Waals surface area contributed by atoms with E-state index in [1.807, 2.05) is 12.1 Å². The van der Waals surface area contributed by atoms with Crippen LogP contribution in [0.5, 0.6) is 0 Å². The largest absolute Gasteiger partial charge is 0.241 e. The summed E-state index contributed by atoms with van der Waals surface area (Å²) in [5.74, 6) is 0. The second-order valence-electron chi connectivity index (χ2n) is 3.40. The third-order valence-corrected chi connectivity index (χ3v) is 3.56.